The van der Waals surface area contributed by atoms with E-state index < -0.39 is 0 Å². The second-order valence-corrected chi connectivity index (χ2v) is 11.9. The lowest BCUT2D eigenvalue weighted by Crippen LogP contribution is -2.61. The first-order chi connectivity index (χ1) is 15.4. The van der Waals surface area contributed by atoms with Crippen molar-refractivity contribution in [2.24, 2.45) is 11.8 Å². The molecule has 3 aliphatic rings. The first-order valence-corrected chi connectivity index (χ1v) is 13.6. The van der Waals surface area contributed by atoms with Crippen LogP contribution in [0.3, 0.4) is 0 Å². The number of aryl methyl sites for hydroxylation is 2. The van der Waals surface area contributed by atoms with Crippen molar-refractivity contribution in [1.29, 1.82) is 0 Å². The van der Waals surface area contributed by atoms with E-state index in [2.05, 4.69) is 73.2 Å². The third-order valence-corrected chi connectivity index (χ3v) is 8.68. The van der Waals surface area contributed by atoms with E-state index in [1.54, 1.807) is 0 Å². The molecule has 0 aromatic heterocycles. The van der Waals surface area contributed by atoms with Crippen LogP contribution in [-0.4, -0.2) is 48.9 Å². The molecule has 6 heteroatoms. The van der Waals surface area contributed by atoms with Gasteiger partial charge in [-0.25, -0.2) is 4.72 Å². The van der Waals surface area contributed by atoms with Crippen LogP contribution in [-0.2, 0) is 4.74 Å². The van der Waals surface area contributed by atoms with E-state index in [1.807, 2.05) is 11.9 Å². The van der Waals surface area contributed by atoms with E-state index in [0.29, 0.717) is 17.2 Å². The van der Waals surface area contributed by atoms with Gasteiger partial charge < -0.3 is 9.64 Å². The fourth-order valence-electron chi connectivity index (χ4n) is 5.93. The van der Waals surface area contributed by atoms with Crippen LogP contribution in [0.15, 0.2) is 18.2 Å². The topological polar surface area (TPSA) is 48.6 Å². The highest BCUT2D eigenvalue weighted by molar-refractivity contribution is 7.98. The number of likely N-dealkylation sites (N-methyl/N-ethyl adjacent to an activating group) is 1. The largest absolute Gasteiger partial charge is 0.362 e. The van der Waals surface area contributed by atoms with Crippen LogP contribution in [0.25, 0.3) is 0 Å². The molecule has 0 amide bonds. The summed E-state index contributed by atoms with van der Waals surface area (Å²) >= 11 is 1.94. The normalized spacial score (nSPS) is 35.1. The summed E-state index contributed by atoms with van der Waals surface area (Å²) in [7, 11) is 2.32. The minimum atomic E-state index is 0.0431. The van der Waals surface area contributed by atoms with Crippen molar-refractivity contribution < 1.29 is 4.74 Å². The van der Waals surface area contributed by atoms with Gasteiger partial charge in [0.1, 0.15) is 12.5 Å². The molecule has 3 fully saturated rings. The molecule has 2 heterocycles. The summed E-state index contributed by atoms with van der Waals surface area (Å²) in [5, 5.41) is 8.24. The standard InChI is InChI=1S/C26H44N4OS/c1-17(2)12-21-16-31-24-14-23(25-18(3)8-6-9-19(25)4)27-26(28-24)29-32-22-11-7-10-20(13-22)15-30(21)5/h6,8-9,17,20-24,26-29H,7,10-16H2,1-5H3/t20?,21-,22?,23?,24?,26?/m1/s1. The second-order valence-electron chi connectivity index (χ2n) is 10.8. The van der Waals surface area contributed by atoms with Gasteiger partial charge in [0.15, 0.2) is 0 Å². The maximum atomic E-state index is 6.61. The van der Waals surface area contributed by atoms with Gasteiger partial charge in [0.05, 0.1) is 6.61 Å². The van der Waals surface area contributed by atoms with E-state index in [-0.39, 0.29) is 18.6 Å². The van der Waals surface area contributed by atoms with Gasteiger partial charge in [0, 0.05) is 30.3 Å². The van der Waals surface area contributed by atoms with E-state index >= 15 is 0 Å². The van der Waals surface area contributed by atoms with E-state index in [9.17, 15) is 0 Å². The number of ether oxygens (including phenoxy) is 1. The number of nitrogens with one attached hydrogen (secondary N) is 3. The van der Waals surface area contributed by atoms with Crippen LogP contribution in [0.1, 0.15) is 75.1 Å². The zero-order valence-electron chi connectivity index (χ0n) is 20.7. The van der Waals surface area contributed by atoms with Crippen molar-refractivity contribution in [3.63, 3.8) is 0 Å². The van der Waals surface area contributed by atoms with Crippen LogP contribution in [0.2, 0.25) is 0 Å². The van der Waals surface area contributed by atoms with Crippen LogP contribution in [0.5, 0.6) is 0 Å². The molecule has 6 atom stereocenters. The first-order valence-electron chi connectivity index (χ1n) is 12.7. The Bertz CT molecular complexity index is 724. The average Bonchev–Trinajstić information content (AvgIpc) is 2.75. The van der Waals surface area contributed by atoms with Gasteiger partial charge in [-0.3, -0.25) is 10.6 Å². The van der Waals surface area contributed by atoms with Gasteiger partial charge >= 0.3 is 0 Å². The van der Waals surface area contributed by atoms with Crippen molar-refractivity contribution in [2.75, 3.05) is 20.2 Å². The number of fused-ring (bicyclic) bond motifs is 4. The Kier molecular flexibility index (Phi) is 8.57. The summed E-state index contributed by atoms with van der Waals surface area (Å²) in [6.07, 6.45) is 7.57. The lowest BCUT2D eigenvalue weighted by molar-refractivity contribution is -0.0430. The van der Waals surface area contributed by atoms with Crippen LogP contribution in [0, 0.1) is 25.7 Å². The van der Waals surface area contributed by atoms with Gasteiger partial charge in [-0.15, -0.1) is 0 Å². The van der Waals surface area contributed by atoms with Crippen molar-refractivity contribution >= 4 is 11.9 Å². The zero-order chi connectivity index (χ0) is 22.7. The SMILES string of the molecule is Cc1cccc(C)c1C1CC2NC(NSC3CCCC(C3)CN(C)[C@H](CC(C)C)CO2)N1. The Morgan fingerprint density at radius 3 is 2.66 bits per heavy atom. The molecule has 3 N–H and O–H groups in total. The summed E-state index contributed by atoms with van der Waals surface area (Å²) in [6.45, 7) is 11.1. The molecule has 1 aromatic rings. The highest BCUT2D eigenvalue weighted by atomic mass is 32.2. The first kappa shape index (κ1) is 24.5. The summed E-state index contributed by atoms with van der Waals surface area (Å²) in [6, 6.07) is 7.39. The molecule has 1 aromatic carbocycles. The molecule has 2 aliphatic heterocycles. The molecule has 4 bridgehead atoms. The van der Waals surface area contributed by atoms with Gasteiger partial charge in [-0.05, 0) is 75.1 Å². The third kappa shape index (κ3) is 6.28. The predicted octanol–water partition coefficient (Wildman–Crippen LogP) is 4.71. The number of nitrogens with zero attached hydrogens (tertiary/aromatic N) is 1. The van der Waals surface area contributed by atoms with Crippen molar-refractivity contribution in [1.82, 2.24) is 20.3 Å². The summed E-state index contributed by atoms with van der Waals surface area (Å²) in [5.41, 5.74) is 4.15. The highest BCUT2D eigenvalue weighted by Crippen LogP contribution is 2.34. The van der Waals surface area contributed by atoms with Gasteiger partial charge in [-0.2, -0.15) is 0 Å². The second kappa shape index (κ2) is 11.2. The summed E-state index contributed by atoms with van der Waals surface area (Å²) in [4.78, 5) is 2.60. The van der Waals surface area contributed by atoms with Crippen molar-refractivity contribution in [3.05, 3.63) is 34.9 Å². The van der Waals surface area contributed by atoms with E-state index in [0.717, 1.165) is 18.9 Å². The molecule has 32 heavy (non-hydrogen) atoms. The van der Waals surface area contributed by atoms with Gasteiger partial charge in [-0.1, -0.05) is 50.4 Å². The Morgan fingerprint density at radius 2 is 1.91 bits per heavy atom. The molecule has 4 rings (SSSR count). The fraction of sp³-hybridized carbons (Fsp3) is 0.769. The smallest absolute Gasteiger partial charge is 0.123 e. The Balaban J connectivity index is 1.56. The van der Waals surface area contributed by atoms with Crippen LogP contribution < -0.4 is 15.4 Å². The molecule has 0 radical (unpaired) electrons. The molecule has 1 saturated carbocycles. The zero-order valence-corrected chi connectivity index (χ0v) is 21.5. The molecule has 1 aliphatic carbocycles. The maximum Gasteiger partial charge on any atom is 0.123 e. The minimum Gasteiger partial charge on any atom is -0.362 e. The molecular formula is C26H44N4OS. The lowest BCUT2D eigenvalue weighted by atomic mass is 9.88. The average molecular weight is 461 g/mol. The number of hydrogen-bond donors (Lipinski definition) is 3. The lowest BCUT2D eigenvalue weighted by Gasteiger charge is -2.40. The number of rotatable bonds is 3. The van der Waals surface area contributed by atoms with Gasteiger partial charge in [0.25, 0.3) is 0 Å². The fourth-order valence-corrected chi connectivity index (χ4v) is 7.05. The maximum absolute atomic E-state index is 6.61. The Labute approximate surface area is 199 Å². The minimum absolute atomic E-state index is 0.0431. The molecule has 5 unspecified atom stereocenters. The predicted molar refractivity (Wildman–Crippen MR) is 135 cm³/mol. The van der Waals surface area contributed by atoms with Crippen LogP contribution in [0.4, 0.5) is 0 Å². The number of benzene rings is 1. The monoisotopic (exact) mass is 460 g/mol. The third-order valence-electron chi connectivity index (χ3n) is 7.55. The van der Waals surface area contributed by atoms with Gasteiger partial charge in [0.2, 0.25) is 0 Å². The molecule has 5 nitrogen and oxygen atoms in total. The van der Waals surface area contributed by atoms with Crippen LogP contribution >= 0.6 is 11.9 Å². The van der Waals surface area contributed by atoms with E-state index in [1.165, 1.54) is 55.3 Å². The molecule has 180 valence electrons. The highest BCUT2D eigenvalue weighted by Gasteiger charge is 2.33. The van der Waals surface area contributed by atoms with E-state index in [4.69, 9.17) is 4.74 Å². The number of hydrogen-bond acceptors (Lipinski definition) is 6. The van der Waals surface area contributed by atoms with Crippen molar-refractivity contribution in [2.45, 2.75) is 96.1 Å². The summed E-state index contributed by atoms with van der Waals surface area (Å²) < 4.78 is 10.4. The molecule has 0 spiro atoms. The molecular weight excluding hydrogens is 416 g/mol. The Morgan fingerprint density at radius 1 is 1.12 bits per heavy atom. The summed E-state index contributed by atoms with van der Waals surface area (Å²) in [5.74, 6) is 1.47. The molecule has 2 saturated heterocycles. The Hall–Kier alpha value is -0.630. The van der Waals surface area contributed by atoms with Crippen molar-refractivity contribution in [3.8, 4) is 0 Å². The quantitative estimate of drug-likeness (QED) is 0.568.